The predicted octanol–water partition coefficient (Wildman–Crippen LogP) is 4.56. The van der Waals surface area contributed by atoms with Gasteiger partial charge >= 0.3 is 5.97 Å². The van der Waals surface area contributed by atoms with Crippen LogP contribution in [0.2, 0.25) is 0 Å². The number of rotatable bonds is 6. The number of anilines is 1. The Morgan fingerprint density at radius 2 is 2.11 bits per heavy atom. The van der Waals surface area contributed by atoms with Crippen LogP contribution in [0.3, 0.4) is 0 Å². The van der Waals surface area contributed by atoms with Crippen molar-refractivity contribution in [3.8, 4) is 5.75 Å². The van der Waals surface area contributed by atoms with Gasteiger partial charge in [-0.2, -0.15) is 0 Å². The number of carbonyl (C=O) groups is 1. The number of fused-ring (bicyclic) bond motifs is 4. The number of ether oxygens (including phenoxy) is 1. The number of aliphatic carboxylic acids is 1. The maximum atomic E-state index is 10.7. The molecule has 1 unspecified atom stereocenters. The molecule has 5 nitrogen and oxygen atoms in total. The predicted molar refractivity (Wildman–Crippen MR) is 111 cm³/mol. The van der Waals surface area contributed by atoms with Gasteiger partial charge in [0.25, 0.3) is 0 Å². The summed E-state index contributed by atoms with van der Waals surface area (Å²) in [5.74, 6) is 0.140. The lowest BCUT2D eigenvalue weighted by molar-refractivity contribution is -0.137. The van der Waals surface area contributed by atoms with Gasteiger partial charge < -0.3 is 20.1 Å². The third kappa shape index (κ3) is 3.11. The van der Waals surface area contributed by atoms with Crippen molar-refractivity contribution in [3.05, 3.63) is 64.5 Å². The summed E-state index contributed by atoms with van der Waals surface area (Å²) in [6, 6.07) is 6.39. The molecule has 0 aromatic heterocycles. The molecule has 1 atom stereocenters. The maximum absolute atomic E-state index is 10.7. The van der Waals surface area contributed by atoms with E-state index in [4.69, 9.17) is 9.84 Å². The second-order valence-corrected chi connectivity index (χ2v) is 7.57. The van der Waals surface area contributed by atoms with Crippen molar-refractivity contribution in [2.75, 3.05) is 19.0 Å². The lowest BCUT2D eigenvalue weighted by Gasteiger charge is -2.32. The minimum atomic E-state index is -0.727. The summed E-state index contributed by atoms with van der Waals surface area (Å²) in [6.45, 7) is 5.22. The van der Waals surface area contributed by atoms with Crippen LogP contribution in [-0.2, 0) is 4.79 Å². The Morgan fingerprint density at radius 3 is 2.86 bits per heavy atom. The van der Waals surface area contributed by atoms with E-state index in [1.54, 1.807) is 7.11 Å². The Hall–Kier alpha value is -2.95. The summed E-state index contributed by atoms with van der Waals surface area (Å²) in [6.07, 6.45) is 8.28. The molecule has 0 bridgehead atoms. The number of unbranched alkanes of at least 4 members (excludes halogenated alkanes) is 1. The second-order valence-electron chi connectivity index (χ2n) is 7.57. The third-order valence-corrected chi connectivity index (χ3v) is 5.85. The number of hydrogen-bond donors (Lipinski definition) is 2. The molecule has 146 valence electrons. The van der Waals surface area contributed by atoms with Gasteiger partial charge in [0.2, 0.25) is 0 Å². The fourth-order valence-corrected chi connectivity index (χ4v) is 4.32. The Bertz CT molecular complexity index is 953. The SMILES string of the molecule is COc1ccc2c(c1)C1=C(C)C3=CN(CCCCC(=O)O)C=CC3=C(C)C1N2. The van der Waals surface area contributed by atoms with Crippen molar-refractivity contribution in [1.29, 1.82) is 0 Å². The van der Waals surface area contributed by atoms with Crippen LogP contribution >= 0.6 is 0 Å². The first-order valence-corrected chi connectivity index (χ1v) is 9.74. The number of carboxylic acid groups (broad SMARTS) is 1. The van der Waals surface area contributed by atoms with Crippen molar-refractivity contribution in [2.24, 2.45) is 0 Å². The van der Waals surface area contributed by atoms with Crippen LogP contribution in [0.4, 0.5) is 5.69 Å². The molecule has 28 heavy (non-hydrogen) atoms. The molecular formula is C23H26N2O3. The molecule has 0 saturated carbocycles. The fourth-order valence-electron chi connectivity index (χ4n) is 4.32. The first-order chi connectivity index (χ1) is 13.5. The summed E-state index contributed by atoms with van der Waals surface area (Å²) in [5, 5.41) is 12.5. The van der Waals surface area contributed by atoms with Crippen LogP contribution in [0.25, 0.3) is 5.57 Å². The van der Waals surface area contributed by atoms with Crippen molar-refractivity contribution in [2.45, 2.75) is 39.2 Å². The van der Waals surface area contributed by atoms with Gasteiger partial charge in [-0.15, -0.1) is 0 Å². The summed E-state index contributed by atoms with van der Waals surface area (Å²) in [5.41, 5.74) is 8.82. The van der Waals surface area contributed by atoms with Crippen LogP contribution in [-0.4, -0.2) is 35.7 Å². The maximum Gasteiger partial charge on any atom is 0.303 e. The van der Waals surface area contributed by atoms with E-state index in [0.717, 1.165) is 24.4 Å². The van der Waals surface area contributed by atoms with Crippen LogP contribution in [0.5, 0.6) is 5.75 Å². The molecule has 0 radical (unpaired) electrons. The Balaban J connectivity index is 1.64. The quantitative estimate of drug-likeness (QED) is 0.711. The first kappa shape index (κ1) is 18.4. The Labute approximate surface area is 165 Å². The molecule has 1 aromatic rings. The highest BCUT2D eigenvalue weighted by atomic mass is 16.5. The van der Waals surface area contributed by atoms with E-state index in [2.05, 4.69) is 54.7 Å². The number of methoxy groups -OCH3 is 1. The highest BCUT2D eigenvalue weighted by molar-refractivity contribution is 5.95. The molecule has 2 heterocycles. The summed E-state index contributed by atoms with van der Waals surface area (Å²) >= 11 is 0. The number of nitrogens with zero attached hydrogens (tertiary/aromatic N) is 1. The van der Waals surface area contributed by atoms with E-state index in [9.17, 15) is 4.79 Å². The van der Waals surface area contributed by atoms with Crippen molar-refractivity contribution < 1.29 is 14.6 Å². The summed E-state index contributed by atoms with van der Waals surface area (Å²) in [4.78, 5) is 12.9. The molecule has 0 amide bonds. The number of carboxylic acids is 1. The number of benzene rings is 1. The Kier molecular flexibility index (Phi) is 4.75. The van der Waals surface area contributed by atoms with Gasteiger partial charge in [-0.3, -0.25) is 4.79 Å². The number of allylic oxidation sites excluding steroid dienone is 4. The smallest absolute Gasteiger partial charge is 0.303 e. The zero-order valence-electron chi connectivity index (χ0n) is 16.6. The molecular weight excluding hydrogens is 352 g/mol. The highest BCUT2D eigenvalue weighted by Gasteiger charge is 2.36. The molecule has 2 N–H and O–H groups in total. The average Bonchev–Trinajstić information content (AvgIpc) is 3.08. The van der Waals surface area contributed by atoms with E-state index >= 15 is 0 Å². The normalized spacial score (nSPS) is 19.8. The summed E-state index contributed by atoms with van der Waals surface area (Å²) in [7, 11) is 1.70. The van der Waals surface area contributed by atoms with Gasteiger partial charge in [0.15, 0.2) is 0 Å². The fraction of sp³-hybridized carbons (Fsp3) is 0.348. The van der Waals surface area contributed by atoms with Gasteiger partial charge in [0, 0.05) is 42.2 Å². The lowest BCUT2D eigenvalue weighted by Crippen LogP contribution is -2.25. The van der Waals surface area contributed by atoms with E-state index < -0.39 is 5.97 Å². The molecule has 5 heteroatoms. The summed E-state index contributed by atoms with van der Waals surface area (Å²) < 4.78 is 5.44. The highest BCUT2D eigenvalue weighted by Crippen LogP contribution is 2.48. The van der Waals surface area contributed by atoms with Crippen molar-refractivity contribution in [1.82, 2.24) is 4.90 Å². The van der Waals surface area contributed by atoms with Crippen LogP contribution in [0, 0.1) is 0 Å². The second kappa shape index (κ2) is 7.23. The molecule has 0 fully saturated rings. The number of hydrogen-bond acceptors (Lipinski definition) is 4. The average molecular weight is 378 g/mol. The molecule has 1 aromatic carbocycles. The van der Waals surface area contributed by atoms with Crippen LogP contribution in [0.15, 0.2) is 59.0 Å². The minimum Gasteiger partial charge on any atom is -0.497 e. The van der Waals surface area contributed by atoms with Gasteiger partial charge in [0.1, 0.15) is 5.75 Å². The van der Waals surface area contributed by atoms with E-state index in [0.29, 0.717) is 6.42 Å². The molecule has 3 aliphatic rings. The zero-order chi connectivity index (χ0) is 19.8. The standard InChI is InChI=1S/C23H26N2O3/c1-14-19-13-25(10-5-4-6-21(26)27)11-9-17(19)15(2)23-22(14)18-12-16(28-3)7-8-20(18)24-23/h7-9,11-13,23-24H,4-6,10H2,1-3H3,(H,26,27). The van der Waals surface area contributed by atoms with Crippen LogP contribution in [0.1, 0.15) is 38.7 Å². The molecule has 4 rings (SSSR count). The number of nitrogens with one attached hydrogen (secondary N) is 1. The van der Waals surface area contributed by atoms with Crippen molar-refractivity contribution >= 4 is 17.2 Å². The lowest BCUT2D eigenvalue weighted by atomic mass is 9.79. The van der Waals surface area contributed by atoms with E-state index in [1.807, 2.05) is 6.07 Å². The monoisotopic (exact) mass is 378 g/mol. The van der Waals surface area contributed by atoms with E-state index in [-0.39, 0.29) is 12.5 Å². The molecule has 2 aliphatic heterocycles. The van der Waals surface area contributed by atoms with Gasteiger partial charge in [-0.05, 0) is 73.3 Å². The zero-order valence-corrected chi connectivity index (χ0v) is 16.6. The molecule has 0 spiro atoms. The van der Waals surface area contributed by atoms with E-state index in [1.165, 1.54) is 33.4 Å². The topological polar surface area (TPSA) is 61.8 Å². The third-order valence-electron chi connectivity index (χ3n) is 5.85. The molecule has 1 aliphatic carbocycles. The van der Waals surface area contributed by atoms with Gasteiger partial charge in [-0.25, -0.2) is 0 Å². The Morgan fingerprint density at radius 1 is 1.29 bits per heavy atom. The van der Waals surface area contributed by atoms with Crippen LogP contribution < -0.4 is 10.1 Å². The minimum absolute atomic E-state index is 0.195. The van der Waals surface area contributed by atoms with Gasteiger partial charge in [-0.1, -0.05) is 0 Å². The largest absolute Gasteiger partial charge is 0.497 e. The molecule has 0 saturated heterocycles. The van der Waals surface area contributed by atoms with Gasteiger partial charge in [0.05, 0.1) is 13.2 Å². The van der Waals surface area contributed by atoms with Crippen molar-refractivity contribution in [3.63, 3.8) is 0 Å². The first-order valence-electron chi connectivity index (χ1n) is 9.74.